The van der Waals surface area contributed by atoms with Gasteiger partial charge in [0.15, 0.2) is 6.19 Å². The Kier molecular flexibility index (Phi) is 5.43. The van der Waals surface area contributed by atoms with E-state index in [1.54, 1.807) is 66.8 Å². The molecule has 1 unspecified atom stereocenters. The summed E-state index contributed by atoms with van der Waals surface area (Å²) in [7, 11) is 1.54. The fourth-order valence-electron chi connectivity index (χ4n) is 3.74. The molecule has 2 aromatic heterocycles. The Hall–Kier alpha value is -4.45. The maximum atomic E-state index is 12.3. The van der Waals surface area contributed by atoms with Gasteiger partial charge in [-0.3, -0.25) is 14.9 Å². The minimum Gasteiger partial charge on any atom is -0.481 e. The second-order valence-electron chi connectivity index (χ2n) is 7.45. The van der Waals surface area contributed by atoms with Gasteiger partial charge in [-0.2, -0.15) is 10.4 Å². The Morgan fingerprint density at radius 1 is 1.28 bits per heavy atom. The summed E-state index contributed by atoms with van der Waals surface area (Å²) in [6.07, 6.45) is 8.42. The zero-order valence-electron chi connectivity index (χ0n) is 17.5. The SMILES string of the molecule is COc1ccc(C2=CC(=O)NCC2(C)c2cnn(-c3ccccc3C(=O)NC#N)c2)cn1. The van der Waals surface area contributed by atoms with Gasteiger partial charge in [-0.25, -0.2) is 9.67 Å². The van der Waals surface area contributed by atoms with E-state index in [4.69, 9.17) is 10.00 Å². The van der Waals surface area contributed by atoms with E-state index in [1.165, 1.54) is 0 Å². The first-order valence-corrected chi connectivity index (χ1v) is 9.80. The van der Waals surface area contributed by atoms with Crippen molar-refractivity contribution in [2.45, 2.75) is 12.3 Å². The van der Waals surface area contributed by atoms with E-state index in [0.717, 1.165) is 16.7 Å². The van der Waals surface area contributed by atoms with Crippen LogP contribution in [0.1, 0.15) is 28.4 Å². The van der Waals surface area contributed by atoms with Crippen LogP contribution in [0.3, 0.4) is 0 Å². The lowest BCUT2D eigenvalue weighted by atomic mass is 9.73. The van der Waals surface area contributed by atoms with E-state index in [1.807, 2.05) is 19.2 Å². The van der Waals surface area contributed by atoms with Crippen LogP contribution in [0.25, 0.3) is 11.3 Å². The van der Waals surface area contributed by atoms with Crippen LogP contribution in [0.15, 0.2) is 61.1 Å². The molecule has 9 nitrogen and oxygen atoms in total. The number of amides is 2. The smallest absolute Gasteiger partial charge is 0.266 e. The molecule has 9 heteroatoms. The predicted octanol–water partition coefficient (Wildman–Crippen LogP) is 1.96. The predicted molar refractivity (Wildman–Crippen MR) is 116 cm³/mol. The number of hydrogen-bond acceptors (Lipinski definition) is 6. The third-order valence-electron chi connectivity index (χ3n) is 5.53. The highest BCUT2D eigenvalue weighted by Gasteiger charge is 2.37. The number of para-hydroxylation sites is 1. The highest BCUT2D eigenvalue weighted by molar-refractivity contribution is 6.00. The van der Waals surface area contributed by atoms with Crippen LogP contribution in [0.4, 0.5) is 0 Å². The molecule has 3 aromatic rings. The van der Waals surface area contributed by atoms with Crippen molar-refractivity contribution in [1.29, 1.82) is 5.26 Å². The van der Waals surface area contributed by atoms with Crippen molar-refractivity contribution in [3.05, 3.63) is 77.8 Å². The van der Waals surface area contributed by atoms with Gasteiger partial charge in [0.1, 0.15) is 0 Å². The summed E-state index contributed by atoms with van der Waals surface area (Å²) in [4.78, 5) is 28.7. The lowest BCUT2D eigenvalue weighted by Crippen LogP contribution is -2.43. The lowest BCUT2D eigenvalue weighted by molar-refractivity contribution is -0.117. The number of hydrogen-bond donors (Lipinski definition) is 2. The molecule has 1 aliphatic heterocycles. The minimum atomic E-state index is -0.591. The molecular weight excluding hydrogens is 408 g/mol. The van der Waals surface area contributed by atoms with Crippen LogP contribution in [0.2, 0.25) is 0 Å². The highest BCUT2D eigenvalue weighted by atomic mass is 16.5. The maximum Gasteiger partial charge on any atom is 0.266 e. The summed E-state index contributed by atoms with van der Waals surface area (Å²) < 4.78 is 6.73. The van der Waals surface area contributed by atoms with E-state index < -0.39 is 11.3 Å². The fraction of sp³-hybridized carbons (Fsp3) is 0.174. The average Bonchev–Trinajstić information content (AvgIpc) is 3.32. The Morgan fingerprint density at radius 2 is 2.09 bits per heavy atom. The number of carbonyl (C=O) groups excluding carboxylic acids is 2. The number of nitriles is 1. The zero-order chi connectivity index (χ0) is 22.7. The third-order valence-corrected chi connectivity index (χ3v) is 5.53. The van der Waals surface area contributed by atoms with Gasteiger partial charge in [-0.05, 0) is 36.3 Å². The number of ether oxygens (including phenoxy) is 1. The molecule has 0 fully saturated rings. The first-order valence-electron chi connectivity index (χ1n) is 9.80. The van der Waals surface area contributed by atoms with Crippen molar-refractivity contribution in [3.8, 4) is 17.8 Å². The fourth-order valence-corrected chi connectivity index (χ4v) is 3.74. The van der Waals surface area contributed by atoms with Crippen LogP contribution >= 0.6 is 0 Å². The highest BCUT2D eigenvalue weighted by Crippen LogP contribution is 2.39. The van der Waals surface area contributed by atoms with Crippen molar-refractivity contribution in [1.82, 2.24) is 25.4 Å². The molecule has 0 aliphatic carbocycles. The first-order chi connectivity index (χ1) is 15.5. The van der Waals surface area contributed by atoms with Gasteiger partial charge >= 0.3 is 0 Å². The molecule has 0 radical (unpaired) electrons. The number of rotatable bonds is 5. The number of nitrogens with one attached hydrogen (secondary N) is 2. The largest absolute Gasteiger partial charge is 0.481 e. The number of nitrogens with zero attached hydrogens (tertiary/aromatic N) is 4. The zero-order valence-corrected chi connectivity index (χ0v) is 17.5. The van der Waals surface area contributed by atoms with Crippen molar-refractivity contribution in [3.63, 3.8) is 0 Å². The number of methoxy groups -OCH3 is 1. The minimum absolute atomic E-state index is 0.181. The number of aromatic nitrogens is 3. The second kappa shape index (κ2) is 8.35. The van der Waals surface area contributed by atoms with Gasteiger partial charge in [0.05, 0.1) is 24.6 Å². The lowest BCUT2D eigenvalue weighted by Gasteiger charge is -2.35. The summed E-state index contributed by atoms with van der Waals surface area (Å²) in [5, 5.41) is 18.3. The van der Waals surface area contributed by atoms with Gasteiger partial charge < -0.3 is 10.1 Å². The van der Waals surface area contributed by atoms with Crippen molar-refractivity contribution in [2.75, 3.05) is 13.7 Å². The van der Waals surface area contributed by atoms with Gasteiger partial charge in [0, 0.05) is 42.1 Å². The second-order valence-corrected chi connectivity index (χ2v) is 7.45. The molecular formula is C23H20N6O3. The molecule has 0 saturated heterocycles. The molecule has 3 heterocycles. The summed E-state index contributed by atoms with van der Waals surface area (Å²) in [5.74, 6) is -0.211. The maximum absolute atomic E-state index is 12.3. The van der Waals surface area contributed by atoms with Crippen LogP contribution < -0.4 is 15.4 Å². The van der Waals surface area contributed by atoms with Gasteiger partial charge in [0.2, 0.25) is 11.8 Å². The normalized spacial score (nSPS) is 17.7. The molecule has 4 rings (SSSR count). The summed E-state index contributed by atoms with van der Waals surface area (Å²) >= 11 is 0. The molecule has 160 valence electrons. The quantitative estimate of drug-likeness (QED) is 0.473. The molecule has 1 atom stereocenters. The molecule has 2 amide bonds. The van der Waals surface area contributed by atoms with Gasteiger partial charge in [-0.1, -0.05) is 12.1 Å². The van der Waals surface area contributed by atoms with E-state index in [-0.39, 0.29) is 5.91 Å². The Morgan fingerprint density at radius 3 is 2.81 bits per heavy atom. The molecule has 0 saturated carbocycles. The molecule has 0 spiro atoms. The van der Waals surface area contributed by atoms with Crippen molar-refractivity contribution < 1.29 is 14.3 Å². The Labute approximate surface area is 184 Å². The van der Waals surface area contributed by atoms with Crippen LogP contribution in [0.5, 0.6) is 5.88 Å². The van der Waals surface area contributed by atoms with Crippen LogP contribution in [0, 0.1) is 11.5 Å². The number of pyridine rings is 1. The summed E-state index contributed by atoms with van der Waals surface area (Å²) in [6, 6.07) is 10.5. The van der Waals surface area contributed by atoms with E-state index in [0.29, 0.717) is 23.7 Å². The molecule has 0 bridgehead atoms. The molecule has 32 heavy (non-hydrogen) atoms. The van der Waals surface area contributed by atoms with E-state index in [2.05, 4.69) is 20.7 Å². The van der Waals surface area contributed by atoms with E-state index in [9.17, 15) is 9.59 Å². The number of carbonyl (C=O) groups is 2. The van der Waals surface area contributed by atoms with Crippen molar-refractivity contribution in [2.24, 2.45) is 0 Å². The molecule has 1 aliphatic rings. The molecule has 2 N–H and O–H groups in total. The van der Waals surface area contributed by atoms with Crippen LogP contribution in [-0.2, 0) is 10.2 Å². The Balaban J connectivity index is 1.76. The standard InChI is InChI=1S/C23H20N6O3/c1-23(13-26-20(30)9-18(23)15-7-8-21(32-2)25-10-15)16-11-28-29(12-16)19-6-4-3-5-17(19)22(31)27-14-24/h3-12H,13H2,1-2H3,(H,26,30)(H,27,31). The third kappa shape index (κ3) is 3.70. The monoisotopic (exact) mass is 428 g/mol. The summed E-state index contributed by atoms with van der Waals surface area (Å²) in [6.45, 7) is 2.38. The van der Waals surface area contributed by atoms with Gasteiger partial charge in [-0.15, -0.1) is 0 Å². The average molecular weight is 428 g/mol. The number of benzene rings is 1. The van der Waals surface area contributed by atoms with E-state index >= 15 is 0 Å². The summed E-state index contributed by atoms with van der Waals surface area (Å²) in [5.41, 5.74) is 2.70. The van der Waals surface area contributed by atoms with Crippen molar-refractivity contribution >= 4 is 17.4 Å². The Bertz CT molecular complexity index is 1260. The topological polar surface area (TPSA) is 122 Å². The van der Waals surface area contributed by atoms with Gasteiger partial charge in [0.25, 0.3) is 5.91 Å². The first kappa shape index (κ1) is 20.8. The van der Waals surface area contributed by atoms with Crippen LogP contribution in [-0.4, -0.2) is 40.2 Å². The molecule has 1 aromatic carbocycles.